The van der Waals surface area contributed by atoms with Gasteiger partial charge in [0.1, 0.15) is 6.10 Å². The first-order valence-electron chi connectivity index (χ1n) is 6.87. The molecule has 3 heterocycles. The average molecular weight is 340 g/mol. The van der Waals surface area contributed by atoms with Gasteiger partial charge in [0.25, 0.3) is 0 Å². The second kappa shape index (κ2) is 7.58. The van der Waals surface area contributed by atoms with Gasteiger partial charge in [-0.05, 0) is 43.1 Å². The van der Waals surface area contributed by atoms with E-state index in [0.717, 1.165) is 30.1 Å². The number of aromatic nitrogens is 2. The smallest absolute Gasteiger partial charge is 0.435 e. The molecule has 3 rings (SSSR count). The zero-order valence-electron chi connectivity index (χ0n) is 12.2. The third-order valence-electron chi connectivity index (χ3n) is 3.37. The Morgan fingerprint density at radius 1 is 1.45 bits per heavy atom. The van der Waals surface area contributed by atoms with Crippen molar-refractivity contribution in [2.24, 2.45) is 0 Å². The highest BCUT2D eigenvalue weighted by molar-refractivity contribution is 7.10. The van der Waals surface area contributed by atoms with Gasteiger partial charge in [0.15, 0.2) is 0 Å². The lowest BCUT2D eigenvalue weighted by atomic mass is 10.3. The van der Waals surface area contributed by atoms with Crippen LogP contribution in [0, 0.1) is 0 Å². The Morgan fingerprint density at radius 3 is 3.00 bits per heavy atom. The Hall–Kier alpha value is -1.63. The normalized spacial score (nSPS) is 18.5. The number of hydrogen-bond donors (Lipinski definition) is 0. The van der Waals surface area contributed by atoms with E-state index in [2.05, 4.69) is 10.00 Å². The molecule has 7 heteroatoms. The van der Waals surface area contributed by atoms with Crippen LogP contribution in [-0.4, -0.2) is 47.0 Å². The molecule has 0 amide bonds. The maximum absolute atomic E-state index is 12.0. The molecule has 0 N–H and O–H groups in total. The molecule has 0 radical (unpaired) electrons. The molecule has 5 nitrogen and oxygen atoms in total. The van der Waals surface area contributed by atoms with E-state index in [9.17, 15) is 4.79 Å². The fourth-order valence-electron chi connectivity index (χ4n) is 2.27. The summed E-state index contributed by atoms with van der Waals surface area (Å²) in [7, 11) is 2.02. The van der Waals surface area contributed by atoms with E-state index < -0.39 is 6.09 Å². The number of thiophene rings is 1. The van der Waals surface area contributed by atoms with E-state index in [4.69, 9.17) is 4.74 Å². The summed E-state index contributed by atoms with van der Waals surface area (Å²) in [6.45, 7) is 1.75. The summed E-state index contributed by atoms with van der Waals surface area (Å²) in [5.41, 5.74) is 0.740. The summed E-state index contributed by atoms with van der Waals surface area (Å²) < 4.78 is 6.69. The molecular formula is C15H18ClN3O2S. The molecule has 22 heavy (non-hydrogen) atoms. The summed E-state index contributed by atoms with van der Waals surface area (Å²) in [4.78, 5) is 15.3. The van der Waals surface area contributed by atoms with Crippen LogP contribution in [0.2, 0.25) is 0 Å². The maximum atomic E-state index is 12.0. The molecule has 1 aliphatic heterocycles. The molecular weight excluding hydrogens is 322 g/mol. The Morgan fingerprint density at radius 2 is 2.32 bits per heavy atom. The molecule has 1 atom stereocenters. The van der Waals surface area contributed by atoms with Gasteiger partial charge in [0.2, 0.25) is 0 Å². The molecule has 1 saturated heterocycles. The Balaban J connectivity index is 0.00000176. The SMILES string of the molecule is CN1CCC(OC(=O)n2ccc(/C=C/c3cccs3)n2)C1.Cl. The van der Waals surface area contributed by atoms with Crippen LogP contribution in [0.3, 0.4) is 0 Å². The lowest BCUT2D eigenvalue weighted by Gasteiger charge is -2.11. The lowest BCUT2D eigenvalue weighted by molar-refractivity contribution is 0.101. The van der Waals surface area contributed by atoms with Crippen molar-refractivity contribution in [1.29, 1.82) is 0 Å². The lowest BCUT2D eigenvalue weighted by Crippen LogP contribution is -2.25. The van der Waals surface area contributed by atoms with Gasteiger partial charge in [-0.25, -0.2) is 4.79 Å². The van der Waals surface area contributed by atoms with Crippen molar-refractivity contribution >= 4 is 42.0 Å². The minimum Gasteiger partial charge on any atom is -0.443 e. The van der Waals surface area contributed by atoms with E-state index in [1.165, 1.54) is 4.68 Å². The fraction of sp³-hybridized carbons (Fsp3) is 0.333. The first kappa shape index (κ1) is 16.7. The topological polar surface area (TPSA) is 47.4 Å². The summed E-state index contributed by atoms with van der Waals surface area (Å²) in [5.74, 6) is 0. The van der Waals surface area contributed by atoms with E-state index in [0.29, 0.717) is 0 Å². The Labute approximate surface area is 139 Å². The molecule has 0 saturated carbocycles. The van der Waals surface area contributed by atoms with Crippen molar-refractivity contribution in [3.63, 3.8) is 0 Å². The quantitative estimate of drug-likeness (QED) is 0.861. The molecule has 0 spiro atoms. The van der Waals surface area contributed by atoms with Gasteiger partial charge in [-0.3, -0.25) is 0 Å². The first-order chi connectivity index (χ1) is 10.2. The van der Waals surface area contributed by atoms with Crippen molar-refractivity contribution in [3.05, 3.63) is 40.3 Å². The van der Waals surface area contributed by atoms with Crippen LogP contribution in [0.1, 0.15) is 17.0 Å². The molecule has 2 aromatic heterocycles. The summed E-state index contributed by atoms with van der Waals surface area (Å²) in [5, 5.41) is 6.24. The second-order valence-electron chi connectivity index (χ2n) is 5.09. The zero-order chi connectivity index (χ0) is 14.7. The van der Waals surface area contributed by atoms with Gasteiger partial charge in [-0.2, -0.15) is 9.78 Å². The predicted octanol–water partition coefficient (Wildman–Crippen LogP) is 3.23. The number of halogens is 1. The van der Waals surface area contributed by atoms with Crippen LogP contribution >= 0.6 is 23.7 Å². The standard InChI is InChI=1S/C15H17N3O2S.ClH/c1-17-8-7-13(11-17)20-15(19)18-9-6-12(16-18)4-5-14-3-2-10-21-14;/h2-6,9-10,13H,7-8,11H2,1H3;1H/b5-4+;. The third-order valence-corrected chi connectivity index (χ3v) is 4.21. The monoisotopic (exact) mass is 339 g/mol. The maximum Gasteiger partial charge on any atom is 0.435 e. The highest BCUT2D eigenvalue weighted by Gasteiger charge is 2.23. The van der Waals surface area contributed by atoms with Gasteiger partial charge in [0.05, 0.1) is 5.69 Å². The zero-order valence-corrected chi connectivity index (χ0v) is 13.8. The number of rotatable bonds is 3. The molecule has 0 aromatic carbocycles. The number of likely N-dealkylation sites (N-methyl/N-ethyl adjacent to an activating group) is 1. The number of carbonyl (C=O) groups excluding carboxylic acids is 1. The van der Waals surface area contributed by atoms with Gasteiger partial charge in [-0.15, -0.1) is 23.7 Å². The number of nitrogens with zero attached hydrogens (tertiary/aromatic N) is 3. The number of hydrogen-bond acceptors (Lipinski definition) is 5. The van der Waals surface area contributed by atoms with Crippen LogP contribution in [-0.2, 0) is 4.74 Å². The summed E-state index contributed by atoms with van der Waals surface area (Å²) in [6.07, 6.45) is 5.94. The van der Waals surface area contributed by atoms with Crippen molar-refractivity contribution in [1.82, 2.24) is 14.7 Å². The van der Waals surface area contributed by atoms with Gasteiger partial charge < -0.3 is 9.64 Å². The van der Waals surface area contributed by atoms with Gasteiger partial charge >= 0.3 is 6.09 Å². The van der Waals surface area contributed by atoms with Crippen molar-refractivity contribution in [2.45, 2.75) is 12.5 Å². The van der Waals surface area contributed by atoms with Gasteiger partial charge in [-0.1, -0.05) is 6.07 Å². The highest BCUT2D eigenvalue weighted by Crippen LogP contribution is 2.13. The molecule has 2 aromatic rings. The van der Waals surface area contributed by atoms with Crippen LogP contribution in [0.4, 0.5) is 4.79 Å². The van der Waals surface area contributed by atoms with Crippen LogP contribution < -0.4 is 0 Å². The molecule has 1 aliphatic rings. The molecule has 1 fully saturated rings. The fourth-order valence-corrected chi connectivity index (χ4v) is 2.89. The predicted molar refractivity (Wildman–Crippen MR) is 90.5 cm³/mol. The second-order valence-corrected chi connectivity index (χ2v) is 6.07. The number of ether oxygens (including phenoxy) is 1. The van der Waals surface area contributed by atoms with Crippen molar-refractivity contribution in [2.75, 3.05) is 20.1 Å². The number of likely N-dealkylation sites (tertiary alicyclic amines) is 1. The Kier molecular flexibility index (Phi) is 5.76. The van der Waals surface area contributed by atoms with E-state index in [1.54, 1.807) is 23.6 Å². The molecule has 0 bridgehead atoms. The number of carbonyl (C=O) groups is 1. The van der Waals surface area contributed by atoms with Crippen molar-refractivity contribution in [3.8, 4) is 0 Å². The minimum atomic E-state index is -0.411. The molecule has 0 aliphatic carbocycles. The summed E-state index contributed by atoms with van der Waals surface area (Å²) in [6, 6.07) is 5.83. The average Bonchev–Trinajstić information content (AvgIpc) is 3.17. The van der Waals surface area contributed by atoms with Crippen LogP contribution in [0.15, 0.2) is 29.8 Å². The van der Waals surface area contributed by atoms with E-state index >= 15 is 0 Å². The van der Waals surface area contributed by atoms with E-state index in [-0.39, 0.29) is 18.5 Å². The first-order valence-corrected chi connectivity index (χ1v) is 7.75. The van der Waals surface area contributed by atoms with E-state index in [1.807, 2.05) is 36.7 Å². The van der Waals surface area contributed by atoms with Crippen LogP contribution in [0.5, 0.6) is 0 Å². The van der Waals surface area contributed by atoms with Crippen LogP contribution in [0.25, 0.3) is 12.2 Å². The molecule has 118 valence electrons. The largest absolute Gasteiger partial charge is 0.443 e. The summed E-state index contributed by atoms with van der Waals surface area (Å²) >= 11 is 1.66. The molecule has 1 unspecified atom stereocenters. The third kappa shape index (κ3) is 4.19. The Bertz CT molecular complexity index is 639. The highest BCUT2D eigenvalue weighted by atomic mass is 35.5. The van der Waals surface area contributed by atoms with Gasteiger partial charge in [0, 0.05) is 24.2 Å². The minimum absolute atomic E-state index is 0. The van der Waals surface area contributed by atoms with Crippen molar-refractivity contribution < 1.29 is 9.53 Å².